The zero-order valence-electron chi connectivity index (χ0n) is 16.6. The van der Waals surface area contributed by atoms with Crippen LogP contribution in [-0.2, 0) is 0 Å². The summed E-state index contributed by atoms with van der Waals surface area (Å²) < 4.78 is 0. The second-order valence-corrected chi connectivity index (χ2v) is 8.62. The van der Waals surface area contributed by atoms with Crippen molar-refractivity contribution >= 4 is 0 Å². The number of hydrogen-bond acceptors (Lipinski definition) is 2. The van der Waals surface area contributed by atoms with Crippen molar-refractivity contribution in [2.45, 2.75) is 91.6 Å². The van der Waals surface area contributed by atoms with Crippen molar-refractivity contribution < 1.29 is 0 Å². The zero-order chi connectivity index (χ0) is 16.8. The van der Waals surface area contributed by atoms with Crippen LogP contribution in [0.3, 0.4) is 0 Å². The second-order valence-electron chi connectivity index (χ2n) is 8.62. The Labute approximate surface area is 146 Å². The Bertz CT molecular complexity index is 312. The van der Waals surface area contributed by atoms with Crippen LogP contribution < -0.4 is 0 Å². The molecule has 0 bridgehead atoms. The Balaban J connectivity index is 1.69. The molecule has 1 aliphatic heterocycles. The Morgan fingerprint density at radius 2 is 1.52 bits per heavy atom. The van der Waals surface area contributed by atoms with Gasteiger partial charge in [-0.1, -0.05) is 27.2 Å². The van der Waals surface area contributed by atoms with Gasteiger partial charge in [-0.3, -0.25) is 4.90 Å². The Hall–Kier alpha value is -0.0800. The largest absolute Gasteiger partial charge is 0.303 e. The number of nitrogens with zero attached hydrogens (tertiary/aromatic N) is 2. The molecule has 2 fully saturated rings. The number of likely N-dealkylation sites (tertiary alicyclic amines) is 1. The molecule has 1 heterocycles. The molecule has 1 saturated heterocycles. The van der Waals surface area contributed by atoms with Crippen molar-refractivity contribution in [3.8, 4) is 0 Å². The van der Waals surface area contributed by atoms with Gasteiger partial charge in [0.2, 0.25) is 0 Å². The molecular weight excluding hydrogens is 280 g/mol. The van der Waals surface area contributed by atoms with E-state index >= 15 is 0 Å². The molecule has 2 nitrogen and oxygen atoms in total. The third-order valence-electron chi connectivity index (χ3n) is 6.91. The maximum absolute atomic E-state index is 2.78. The first-order valence-electron chi connectivity index (χ1n) is 10.5. The van der Waals surface area contributed by atoms with E-state index in [9.17, 15) is 0 Å². The van der Waals surface area contributed by atoms with Gasteiger partial charge >= 0.3 is 0 Å². The van der Waals surface area contributed by atoms with Crippen molar-refractivity contribution in [3.63, 3.8) is 0 Å². The van der Waals surface area contributed by atoms with Crippen LogP contribution in [-0.4, -0.2) is 48.1 Å². The molecule has 0 aromatic rings. The third-order valence-corrected chi connectivity index (χ3v) is 6.91. The topological polar surface area (TPSA) is 6.48 Å². The summed E-state index contributed by atoms with van der Waals surface area (Å²) in [6.07, 6.45) is 10.1. The van der Waals surface area contributed by atoms with Crippen LogP contribution in [0, 0.1) is 17.8 Å². The molecule has 0 aromatic carbocycles. The van der Waals surface area contributed by atoms with E-state index in [4.69, 9.17) is 0 Å². The average Bonchev–Trinajstić information content (AvgIpc) is 2.56. The predicted octanol–water partition coefficient (Wildman–Crippen LogP) is 5.03. The quantitative estimate of drug-likeness (QED) is 0.648. The van der Waals surface area contributed by atoms with Gasteiger partial charge in [0.1, 0.15) is 0 Å². The molecule has 0 aromatic heterocycles. The molecule has 0 spiro atoms. The zero-order valence-corrected chi connectivity index (χ0v) is 16.6. The number of rotatable bonds is 7. The van der Waals surface area contributed by atoms with E-state index in [1.54, 1.807) is 0 Å². The molecular formula is C21H42N2. The standard InChI is InChI=1S/C21H42N2/c1-6-18(5)20-10-8-19(9-11-20)16-22-14-12-21(13-15-22)23(7-2)17(3)4/h17-21H,6-16H2,1-5H3. The maximum Gasteiger partial charge on any atom is 0.0122 e. The summed E-state index contributed by atoms with van der Waals surface area (Å²) >= 11 is 0. The Morgan fingerprint density at radius 1 is 0.913 bits per heavy atom. The molecule has 0 radical (unpaired) electrons. The van der Waals surface area contributed by atoms with Crippen molar-refractivity contribution in [2.75, 3.05) is 26.2 Å². The normalized spacial score (nSPS) is 29.3. The number of piperidine rings is 1. The minimum Gasteiger partial charge on any atom is -0.303 e. The highest BCUT2D eigenvalue weighted by Crippen LogP contribution is 2.35. The van der Waals surface area contributed by atoms with E-state index in [0.717, 1.165) is 23.8 Å². The lowest BCUT2D eigenvalue weighted by atomic mass is 9.75. The minimum absolute atomic E-state index is 0.701. The molecule has 1 saturated carbocycles. The third kappa shape index (κ3) is 5.46. The lowest BCUT2D eigenvalue weighted by Crippen LogP contribution is -2.48. The highest BCUT2D eigenvalue weighted by molar-refractivity contribution is 4.83. The van der Waals surface area contributed by atoms with Crippen molar-refractivity contribution in [3.05, 3.63) is 0 Å². The summed E-state index contributed by atoms with van der Waals surface area (Å²) in [5, 5.41) is 0. The van der Waals surface area contributed by atoms with Gasteiger partial charge in [-0.05, 0) is 89.8 Å². The molecule has 23 heavy (non-hydrogen) atoms. The molecule has 1 aliphatic carbocycles. The summed E-state index contributed by atoms with van der Waals surface area (Å²) in [6.45, 7) is 17.1. The molecule has 2 aliphatic rings. The van der Waals surface area contributed by atoms with E-state index in [2.05, 4.69) is 44.4 Å². The Morgan fingerprint density at radius 3 is 2.00 bits per heavy atom. The smallest absolute Gasteiger partial charge is 0.0122 e. The first-order valence-corrected chi connectivity index (χ1v) is 10.5. The molecule has 2 heteroatoms. The van der Waals surface area contributed by atoms with Crippen LogP contribution in [0.25, 0.3) is 0 Å². The van der Waals surface area contributed by atoms with Crippen LogP contribution in [0.15, 0.2) is 0 Å². The molecule has 2 rings (SSSR count). The van der Waals surface area contributed by atoms with Gasteiger partial charge in [0.05, 0.1) is 0 Å². The lowest BCUT2D eigenvalue weighted by Gasteiger charge is -2.42. The van der Waals surface area contributed by atoms with Crippen LogP contribution in [0.2, 0.25) is 0 Å². The highest BCUT2D eigenvalue weighted by Gasteiger charge is 2.29. The van der Waals surface area contributed by atoms with Gasteiger partial charge < -0.3 is 4.90 Å². The summed E-state index contributed by atoms with van der Waals surface area (Å²) in [5.74, 6) is 2.95. The molecule has 0 N–H and O–H groups in total. The fraction of sp³-hybridized carbons (Fsp3) is 1.00. The first-order chi connectivity index (χ1) is 11.0. The molecule has 0 amide bonds. The molecule has 1 atom stereocenters. The summed E-state index contributed by atoms with van der Waals surface area (Å²) in [6, 6.07) is 1.53. The van der Waals surface area contributed by atoms with E-state index in [1.807, 2.05) is 0 Å². The first kappa shape index (κ1) is 19.2. The summed E-state index contributed by atoms with van der Waals surface area (Å²) in [7, 11) is 0. The predicted molar refractivity (Wildman–Crippen MR) is 102 cm³/mol. The van der Waals surface area contributed by atoms with Gasteiger partial charge in [0.25, 0.3) is 0 Å². The fourth-order valence-corrected chi connectivity index (χ4v) is 5.12. The second kappa shape index (κ2) is 9.42. The van der Waals surface area contributed by atoms with Crippen molar-refractivity contribution in [2.24, 2.45) is 17.8 Å². The SMILES string of the molecule is CCC(C)C1CCC(CN2CCC(N(CC)C(C)C)CC2)CC1. The molecule has 1 unspecified atom stereocenters. The van der Waals surface area contributed by atoms with E-state index in [-0.39, 0.29) is 0 Å². The van der Waals surface area contributed by atoms with E-state index < -0.39 is 0 Å². The monoisotopic (exact) mass is 322 g/mol. The van der Waals surface area contributed by atoms with Gasteiger partial charge in [0.15, 0.2) is 0 Å². The lowest BCUT2D eigenvalue weighted by molar-refractivity contribution is 0.0743. The highest BCUT2D eigenvalue weighted by atomic mass is 15.2. The van der Waals surface area contributed by atoms with Crippen LogP contribution >= 0.6 is 0 Å². The average molecular weight is 323 g/mol. The van der Waals surface area contributed by atoms with Crippen molar-refractivity contribution in [1.82, 2.24) is 9.80 Å². The molecule has 136 valence electrons. The summed E-state index contributed by atoms with van der Waals surface area (Å²) in [4.78, 5) is 5.48. The van der Waals surface area contributed by atoms with Crippen LogP contribution in [0.4, 0.5) is 0 Å². The van der Waals surface area contributed by atoms with Gasteiger partial charge in [-0.25, -0.2) is 0 Å². The maximum atomic E-state index is 2.78. The van der Waals surface area contributed by atoms with Gasteiger partial charge in [-0.15, -0.1) is 0 Å². The van der Waals surface area contributed by atoms with E-state index in [1.165, 1.54) is 71.1 Å². The Kier molecular flexibility index (Phi) is 7.88. The minimum atomic E-state index is 0.701. The van der Waals surface area contributed by atoms with E-state index in [0.29, 0.717) is 6.04 Å². The van der Waals surface area contributed by atoms with Crippen LogP contribution in [0.5, 0.6) is 0 Å². The van der Waals surface area contributed by atoms with Gasteiger partial charge in [0, 0.05) is 18.6 Å². The summed E-state index contributed by atoms with van der Waals surface area (Å²) in [5.41, 5.74) is 0. The van der Waals surface area contributed by atoms with Crippen LogP contribution in [0.1, 0.15) is 79.6 Å². The van der Waals surface area contributed by atoms with Gasteiger partial charge in [-0.2, -0.15) is 0 Å². The van der Waals surface area contributed by atoms with Crippen molar-refractivity contribution in [1.29, 1.82) is 0 Å². The number of hydrogen-bond donors (Lipinski definition) is 0. The fourth-order valence-electron chi connectivity index (χ4n) is 5.12.